The second kappa shape index (κ2) is 14.8. The van der Waals surface area contributed by atoms with Crippen LogP contribution in [0, 0.1) is 27.7 Å². The highest BCUT2D eigenvalue weighted by Gasteiger charge is 2.29. The molecule has 0 atom stereocenters. The van der Waals surface area contributed by atoms with Crippen molar-refractivity contribution in [3.63, 3.8) is 0 Å². The number of aromatic nitrogens is 2. The molecular weight excluding hydrogens is 849 g/mol. The molecule has 4 nitrogen and oxygen atoms in total. The van der Waals surface area contributed by atoms with Gasteiger partial charge < -0.3 is 18.6 Å². The fraction of sp³-hybridized carbons (Fsp3) is 0.182. The van der Waals surface area contributed by atoms with Crippen molar-refractivity contribution in [3.8, 4) is 0 Å². The van der Waals surface area contributed by atoms with Gasteiger partial charge in [0.05, 0.1) is 44.5 Å². The van der Waals surface area contributed by atoms with E-state index in [0.717, 1.165) is 22.7 Å². The first-order chi connectivity index (χ1) is 33.6. The van der Waals surface area contributed by atoms with Crippen molar-refractivity contribution in [1.29, 1.82) is 0 Å². The highest BCUT2D eigenvalue weighted by molar-refractivity contribution is 6.32. The Balaban J connectivity index is 1.16. The standard InChI is InChI=1S/C66H58N4/c1-39-15-11-19-45(31-39)67(46-20-12-16-40(2)32-46)57-29-25-49-51-37-60-52(38-59(51)69-55-27-23-43(65(5,6)7)35-53(55)61(57)63(49)69)50-26-30-58(62-54-36-44(66(8,9)10)24-28-56(54)70(60)64(50)62)68(47-21-13-17-41(3)33-47)48-22-14-18-42(4)34-48/h11-38H,1-10H3. The minimum atomic E-state index is -0.0221. The van der Waals surface area contributed by atoms with Gasteiger partial charge in [-0.05, 0) is 169 Å². The smallest absolute Gasteiger partial charge is 0.0641 e. The molecule has 4 heterocycles. The average molecular weight is 907 g/mol. The Morgan fingerprint density at radius 2 is 0.657 bits per heavy atom. The third-order valence-electron chi connectivity index (χ3n) is 15.2. The molecule has 0 fully saturated rings. The molecule has 0 unspecified atom stereocenters. The molecule has 0 aliphatic carbocycles. The summed E-state index contributed by atoms with van der Waals surface area (Å²) >= 11 is 0. The van der Waals surface area contributed by atoms with Crippen molar-refractivity contribution in [2.24, 2.45) is 0 Å². The minimum absolute atomic E-state index is 0.0221. The van der Waals surface area contributed by atoms with Crippen molar-refractivity contribution in [3.05, 3.63) is 203 Å². The zero-order valence-electron chi connectivity index (χ0n) is 42.0. The maximum atomic E-state index is 2.58. The fourth-order valence-electron chi connectivity index (χ4n) is 11.8. The quantitative estimate of drug-likeness (QED) is 0.165. The minimum Gasteiger partial charge on any atom is -0.310 e. The Hall–Kier alpha value is -7.82. The Labute approximate surface area is 410 Å². The van der Waals surface area contributed by atoms with Crippen LogP contribution in [0.4, 0.5) is 34.1 Å². The SMILES string of the molecule is Cc1cccc(N(c2cccc(C)c2)c2ccc3c4cc5c(cc4n4c6ccc(C(C)(C)C)cc6c2c34)c2ccc(N(c3cccc(C)c3)c3cccc(C)c3)c3c4cc(C(C)(C)C)ccc4n5c23)c1. The number of nitrogens with zero attached hydrogens (tertiary/aromatic N) is 4. The van der Waals surface area contributed by atoms with Crippen LogP contribution in [0.2, 0.25) is 0 Å². The second-order valence-electron chi connectivity index (χ2n) is 22.3. The van der Waals surface area contributed by atoms with Crippen LogP contribution in [0.25, 0.3) is 76.2 Å². The van der Waals surface area contributed by atoms with Crippen LogP contribution in [0.3, 0.4) is 0 Å². The number of fused-ring (bicyclic) bond motifs is 12. The van der Waals surface area contributed by atoms with E-state index in [1.807, 2.05) is 0 Å². The van der Waals surface area contributed by atoms with Gasteiger partial charge in [-0.2, -0.15) is 0 Å². The lowest BCUT2D eigenvalue weighted by Gasteiger charge is -2.27. The lowest BCUT2D eigenvalue weighted by molar-refractivity contribution is 0.591. The van der Waals surface area contributed by atoms with E-state index in [1.54, 1.807) is 0 Å². The van der Waals surface area contributed by atoms with Crippen LogP contribution < -0.4 is 9.80 Å². The number of hydrogen-bond acceptors (Lipinski definition) is 2. The first-order valence-corrected chi connectivity index (χ1v) is 24.9. The summed E-state index contributed by atoms with van der Waals surface area (Å²) in [5, 5.41) is 10.2. The lowest BCUT2D eigenvalue weighted by atomic mass is 9.86. The molecule has 13 rings (SSSR count). The van der Waals surface area contributed by atoms with Gasteiger partial charge in [0, 0.05) is 65.8 Å². The van der Waals surface area contributed by atoms with Crippen molar-refractivity contribution in [2.75, 3.05) is 9.80 Å². The molecule has 0 aliphatic heterocycles. The molecule has 4 aromatic heterocycles. The lowest BCUT2D eigenvalue weighted by Crippen LogP contribution is -2.11. The first kappa shape index (κ1) is 42.3. The van der Waals surface area contributed by atoms with Crippen LogP contribution in [0.15, 0.2) is 170 Å². The molecule has 0 bridgehead atoms. The van der Waals surface area contributed by atoms with Crippen LogP contribution in [0.5, 0.6) is 0 Å². The number of hydrogen-bond donors (Lipinski definition) is 0. The summed E-state index contributed by atoms with van der Waals surface area (Å²) in [6.45, 7) is 22.7. The highest BCUT2D eigenvalue weighted by Crippen LogP contribution is 2.52. The molecule has 70 heavy (non-hydrogen) atoms. The van der Waals surface area contributed by atoms with Crippen molar-refractivity contribution >= 4 is 110 Å². The Morgan fingerprint density at radius 3 is 0.971 bits per heavy atom. The van der Waals surface area contributed by atoms with E-state index < -0.39 is 0 Å². The summed E-state index contributed by atoms with van der Waals surface area (Å²) in [4.78, 5) is 4.96. The summed E-state index contributed by atoms with van der Waals surface area (Å²) in [6, 6.07) is 64.8. The molecular formula is C66H58N4. The third-order valence-corrected chi connectivity index (χ3v) is 15.2. The van der Waals surface area contributed by atoms with Gasteiger partial charge in [-0.1, -0.05) is 114 Å². The molecule has 0 spiro atoms. The zero-order chi connectivity index (χ0) is 48.1. The number of rotatable bonds is 6. The van der Waals surface area contributed by atoms with E-state index in [2.05, 4.69) is 258 Å². The molecule has 0 radical (unpaired) electrons. The van der Waals surface area contributed by atoms with Crippen LogP contribution in [-0.4, -0.2) is 8.80 Å². The van der Waals surface area contributed by atoms with Crippen LogP contribution in [0.1, 0.15) is 74.9 Å². The van der Waals surface area contributed by atoms with Crippen molar-refractivity contribution < 1.29 is 0 Å². The topological polar surface area (TPSA) is 15.3 Å². The van der Waals surface area contributed by atoms with E-state index in [4.69, 9.17) is 0 Å². The molecule has 0 amide bonds. The van der Waals surface area contributed by atoms with Crippen molar-refractivity contribution in [2.45, 2.75) is 80.1 Å². The van der Waals surface area contributed by atoms with Gasteiger partial charge in [-0.15, -0.1) is 0 Å². The fourth-order valence-corrected chi connectivity index (χ4v) is 11.8. The molecule has 0 saturated carbocycles. The zero-order valence-corrected chi connectivity index (χ0v) is 42.0. The van der Waals surface area contributed by atoms with Crippen LogP contribution in [-0.2, 0) is 10.8 Å². The Kier molecular flexibility index (Phi) is 8.97. The summed E-state index contributed by atoms with van der Waals surface area (Å²) < 4.78 is 5.17. The van der Waals surface area contributed by atoms with E-state index in [-0.39, 0.29) is 10.8 Å². The molecule has 0 saturated heterocycles. The average Bonchev–Trinajstić information content (AvgIpc) is 4.04. The Morgan fingerprint density at radius 1 is 0.314 bits per heavy atom. The summed E-state index contributed by atoms with van der Waals surface area (Å²) in [7, 11) is 0. The summed E-state index contributed by atoms with van der Waals surface area (Å²) in [5.41, 5.74) is 22.0. The maximum Gasteiger partial charge on any atom is 0.0641 e. The summed E-state index contributed by atoms with van der Waals surface area (Å²) in [5.74, 6) is 0. The molecule has 4 heteroatoms. The molecule has 0 N–H and O–H groups in total. The Bertz CT molecular complexity index is 3890. The highest BCUT2D eigenvalue weighted by atomic mass is 15.2. The van der Waals surface area contributed by atoms with E-state index in [1.165, 1.54) is 121 Å². The number of anilines is 6. The third kappa shape index (κ3) is 6.21. The number of benzene rings is 9. The van der Waals surface area contributed by atoms with Crippen molar-refractivity contribution in [1.82, 2.24) is 8.80 Å². The van der Waals surface area contributed by atoms with Gasteiger partial charge >= 0.3 is 0 Å². The van der Waals surface area contributed by atoms with Gasteiger partial charge in [-0.25, -0.2) is 0 Å². The van der Waals surface area contributed by atoms with E-state index >= 15 is 0 Å². The molecule has 342 valence electrons. The molecule has 9 aromatic carbocycles. The first-order valence-electron chi connectivity index (χ1n) is 24.9. The van der Waals surface area contributed by atoms with Gasteiger partial charge in [-0.3, -0.25) is 0 Å². The van der Waals surface area contributed by atoms with E-state index in [9.17, 15) is 0 Å². The second-order valence-corrected chi connectivity index (χ2v) is 22.3. The molecule has 0 aliphatic rings. The maximum absolute atomic E-state index is 2.58. The van der Waals surface area contributed by atoms with Gasteiger partial charge in [0.25, 0.3) is 0 Å². The normalized spacial score (nSPS) is 12.7. The number of aryl methyl sites for hydroxylation is 4. The predicted octanol–water partition coefficient (Wildman–Crippen LogP) is 18.8. The largest absolute Gasteiger partial charge is 0.310 e. The summed E-state index contributed by atoms with van der Waals surface area (Å²) in [6.07, 6.45) is 0. The van der Waals surface area contributed by atoms with Gasteiger partial charge in [0.15, 0.2) is 0 Å². The monoisotopic (exact) mass is 906 g/mol. The van der Waals surface area contributed by atoms with E-state index in [0.29, 0.717) is 0 Å². The predicted molar refractivity (Wildman–Crippen MR) is 301 cm³/mol. The van der Waals surface area contributed by atoms with Gasteiger partial charge in [0.1, 0.15) is 0 Å². The van der Waals surface area contributed by atoms with Crippen LogP contribution >= 0.6 is 0 Å². The molecule has 13 aromatic rings. The van der Waals surface area contributed by atoms with Gasteiger partial charge in [0.2, 0.25) is 0 Å².